The van der Waals surface area contributed by atoms with E-state index >= 15 is 0 Å². The van der Waals surface area contributed by atoms with Crippen molar-refractivity contribution in [3.63, 3.8) is 0 Å². The highest BCUT2D eigenvalue weighted by atomic mass is 32.2. The fourth-order valence-corrected chi connectivity index (χ4v) is 3.63. The minimum absolute atomic E-state index is 0.136. The van der Waals surface area contributed by atoms with Gasteiger partial charge in [0.25, 0.3) is 11.6 Å². The summed E-state index contributed by atoms with van der Waals surface area (Å²) in [6, 6.07) is 9.26. The highest BCUT2D eigenvalue weighted by Gasteiger charge is 2.19. The van der Waals surface area contributed by atoms with Gasteiger partial charge in [-0.1, -0.05) is 0 Å². The first-order chi connectivity index (χ1) is 15.1. The maximum absolute atomic E-state index is 13.1. The molecule has 0 fully saturated rings. The van der Waals surface area contributed by atoms with Gasteiger partial charge in [0.2, 0.25) is 0 Å². The highest BCUT2D eigenvalue weighted by molar-refractivity contribution is 7.90. The number of aromatic nitrogens is 2. The predicted octanol–water partition coefficient (Wildman–Crippen LogP) is 2.47. The first-order valence-electron chi connectivity index (χ1n) is 9.39. The van der Waals surface area contributed by atoms with E-state index in [9.17, 15) is 27.7 Å². The number of anilines is 1. The Kier molecular flexibility index (Phi) is 6.53. The lowest BCUT2D eigenvalue weighted by Gasteiger charge is -2.10. The molecular weight excluding hydrogens is 441 g/mol. The number of hydrogen-bond donors (Lipinski definition) is 2. The third kappa shape index (κ3) is 5.09. The molecule has 0 aliphatic heterocycles. The van der Waals surface area contributed by atoms with Crippen LogP contribution < -0.4 is 10.6 Å². The third-order valence-corrected chi connectivity index (χ3v) is 5.76. The monoisotopic (exact) mass is 461 g/mol. The number of hydrogen-bond acceptors (Lipinski definition) is 7. The molecule has 0 bridgehead atoms. The number of nitrogens with zero attached hydrogens (tertiary/aromatic N) is 3. The number of amides is 1. The number of nitro benzene ring substituents is 1. The molecule has 1 aromatic heterocycles. The second kappa shape index (κ2) is 9.14. The van der Waals surface area contributed by atoms with Crippen LogP contribution in [0.4, 0.5) is 15.8 Å². The Morgan fingerprint density at radius 2 is 1.88 bits per heavy atom. The molecule has 0 spiro atoms. The number of carbonyl (C=O) groups is 1. The average Bonchev–Trinajstić information content (AvgIpc) is 3.12. The van der Waals surface area contributed by atoms with Gasteiger partial charge in [0.05, 0.1) is 33.0 Å². The lowest BCUT2D eigenvalue weighted by Crippen LogP contribution is -2.29. The van der Waals surface area contributed by atoms with Crippen molar-refractivity contribution >= 4 is 27.1 Å². The van der Waals surface area contributed by atoms with Crippen LogP contribution >= 0.6 is 0 Å². The Labute approximate surface area is 183 Å². The smallest absolute Gasteiger partial charge is 0.293 e. The first kappa shape index (κ1) is 22.9. The fourth-order valence-electron chi connectivity index (χ4n) is 2.99. The number of nitrogens with one attached hydrogen (secondary N) is 2. The molecule has 0 atom stereocenters. The van der Waals surface area contributed by atoms with Gasteiger partial charge in [0, 0.05) is 25.4 Å². The van der Waals surface area contributed by atoms with Crippen molar-refractivity contribution in [3.05, 3.63) is 75.9 Å². The minimum Gasteiger partial charge on any atom is -0.378 e. The van der Waals surface area contributed by atoms with Crippen molar-refractivity contribution in [1.29, 1.82) is 0 Å². The van der Waals surface area contributed by atoms with Crippen molar-refractivity contribution in [2.45, 2.75) is 11.8 Å². The Morgan fingerprint density at radius 3 is 2.50 bits per heavy atom. The Balaban J connectivity index is 1.63. The number of benzene rings is 2. The van der Waals surface area contributed by atoms with Crippen LogP contribution in [0, 0.1) is 22.9 Å². The van der Waals surface area contributed by atoms with Gasteiger partial charge in [-0.05, 0) is 43.3 Å². The van der Waals surface area contributed by atoms with Crippen LogP contribution in [0.2, 0.25) is 0 Å². The molecule has 1 amide bonds. The lowest BCUT2D eigenvalue weighted by atomic mass is 10.2. The zero-order valence-electron chi connectivity index (χ0n) is 17.2. The zero-order valence-corrected chi connectivity index (χ0v) is 18.0. The summed E-state index contributed by atoms with van der Waals surface area (Å²) < 4.78 is 37.8. The van der Waals surface area contributed by atoms with Crippen LogP contribution in [0.1, 0.15) is 16.1 Å². The number of carbonyl (C=O) groups excluding carboxylic acids is 1. The minimum atomic E-state index is -3.58. The van der Waals surface area contributed by atoms with E-state index in [2.05, 4.69) is 15.7 Å². The van der Waals surface area contributed by atoms with Crippen LogP contribution in [0.15, 0.2) is 53.6 Å². The van der Waals surface area contributed by atoms with Crippen molar-refractivity contribution in [3.8, 4) is 5.69 Å². The SMILES string of the molecule is Cc1c(C(=O)NCCNc2ccc(S(C)(=O)=O)cc2[N+](=O)[O-])cnn1-c1ccc(F)cc1. The molecule has 0 aliphatic carbocycles. The Morgan fingerprint density at radius 1 is 1.19 bits per heavy atom. The molecule has 10 nitrogen and oxygen atoms in total. The standard InChI is InChI=1S/C20H20FN5O5S/c1-13-17(12-24-25(13)15-5-3-14(21)4-6-15)20(27)23-10-9-22-18-8-7-16(32(2,30)31)11-19(18)26(28)29/h3-8,11-12,22H,9-10H2,1-2H3,(H,23,27). The highest BCUT2D eigenvalue weighted by Crippen LogP contribution is 2.27. The normalized spacial score (nSPS) is 11.2. The summed E-state index contributed by atoms with van der Waals surface area (Å²) in [6.45, 7) is 2.01. The van der Waals surface area contributed by atoms with Crippen molar-refractivity contribution in [1.82, 2.24) is 15.1 Å². The van der Waals surface area contributed by atoms with Crippen LogP contribution in [-0.2, 0) is 9.84 Å². The molecule has 0 unspecified atom stereocenters. The van der Waals surface area contributed by atoms with Crippen molar-refractivity contribution < 1.29 is 22.5 Å². The first-order valence-corrected chi connectivity index (χ1v) is 11.3. The van der Waals surface area contributed by atoms with Crippen LogP contribution in [-0.4, -0.2) is 48.4 Å². The molecule has 3 rings (SSSR count). The van der Waals surface area contributed by atoms with E-state index in [0.717, 1.165) is 12.3 Å². The van der Waals surface area contributed by atoms with Gasteiger partial charge in [-0.3, -0.25) is 14.9 Å². The third-order valence-electron chi connectivity index (χ3n) is 4.65. The van der Waals surface area contributed by atoms with E-state index in [4.69, 9.17) is 0 Å². The molecule has 2 aromatic carbocycles. The van der Waals surface area contributed by atoms with E-state index in [1.54, 1.807) is 19.1 Å². The average molecular weight is 461 g/mol. The predicted molar refractivity (Wildman–Crippen MR) is 115 cm³/mol. The van der Waals surface area contributed by atoms with Crippen molar-refractivity contribution in [2.75, 3.05) is 24.7 Å². The van der Waals surface area contributed by atoms with Gasteiger partial charge in [0.1, 0.15) is 11.5 Å². The van der Waals surface area contributed by atoms with Gasteiger partial charge in [-0.2, -0.15) is 5.10 Å². The zero-order chi connectivity index (χ0) is 23.5. The molecule has 12 heteroatoms. The number of rotatable bonds is 8. The Bertz CT molecular complexity index is 1270. The number of nitro groups is 1. The fraction of sp³-hybridized carbons (Fsp3) is 0.200. The van der Waals surface area contributed by atoms with Crippen LogP contribution in [0.5, 0.6) is 0 Å². The van der Waals surface area contributed by atoms with E-state index in [-0.39, 0.29) is 41.1 Å². The van der Waals surface area contributed by atoms with Crippen LogP contribution in [0.3, 0.4) is 0 Å². The summed E-state index contributed by atoms with van der Waals surface area (Å²) in [7, 11) is -3.58. The molecule has 168 valence electrons. The summed E-state index contributed by atoms with van der Waals surface area (Å²) in [4.78, 5) is 22.9. The maximum Gasteiger partial charge on any atom is 0.293 e. The second-order valence-electron chi connectivity index (χ2n) is 6.92. The summed E-state index contributed by atoms with van der Waals surface area (Å²) in [5.74, 6) is -0.769. The molecule has 2 N–H and O–H groups in total. The molecular formula is C20H20FN5O5S. The largest absolute Gasteiger partial charge is 0.378 e. The topological polar surface area (TPSA) is 136 Å². The summed E-state index contributed by atoms with van der Waals surface area (Å²) in [6.07, 6.45) is 2.37. The molecule has 0 radical (unpaired) electrons. The summed E-state index contributed by atoms with van der Waals surface area (Å²) in [5.41, 5.74) is 1.26. The van der Waals surface area contributed by atoms with Gasteiger partial charge in [0.15, 0.2) is 9.84 Å². The van der Waals surface area contributed by atoms with E-state index in [1.807, 2.05) is 0 Å². The van der Waals surface area contributed by atoms with Gasteiger partial charge in [-0.15, -0.1) is 0 Å². The number of halogens is 1. The summed E-state index contributed by atoms with van der Waals surface area (Å²) in [5, 5.41) is 20.9. The number of sulfone groups is 1. The quantitative estimate of drug-likeness (QED) is 0.299. The van der Waals surface area contributed by atoms with E-state index < -0.39 is 14.8 Å². The van der Waals surface area contributed by atoms with Gasteiger partial charge < -0.3 is 10.6 Å². The molecule has 0 aliphatic rings. The second-order valence-corrected chi connectivity index (χ2v) is 8.94. The van der Waals surface area contributed by atoms with E-state index in [1.165, 1.54) is 35.1 Å². The van der Waals surface area contributed by atoms with Crippen molar-refractivity contribution in [2.24, 2.45) is 0 Å². The lowest BCUT2D eigenvalue weighted by molar-refractivity contribution is -0.384. The maximum atomic E-state index is 13.1. The van der Waals surface area contributed by atoms with Crippen LogP contribution in [0.25, 0.3) is 5.69 Å². The molecule has 3 aromatic rings. The molecule has 0 saturated carbocycles. The molecule has 1 heterocycles. The van der Waals surface area contributed by atoms with E-state index in [0.29, 0.717) is 16.9 Å². The Hall–Kier alpha value is -3.80. The summed E-state index contributed by atoms with van der Waals surface area (Å²) >= 11 is 0. The molecule has 0 saturated heterocycles. The van der Waals surface area contributed by atoms with Gasteiger partial charge in [-0.25, -0.2) is 17.5 Å². The van der Waals surface area contributed by atoms with Gasteiger partial charge >= 0.3 is 0 Å². The molecule has 32 heavy (non-hydrogen) atoms.